The van der Waals surface area contributed by atoms with Crippen LogP contribution in [0.2, 0.25) is 0 Å². The molecule has 2 aromatic carbocycles. The van der Waals surface area contributed by atoms with Gasteiger partial charge in [-0.25, -0.2) is 4.98 Å². The standard InChI is InChI=1S/C32H30F3N5O2/c1-20-25(7-5-17-36-20)38-27-18-29-31(19-28(27)37-21-9-13-23(41-2)14-10-21)40(30-8-4-3-6-26(30)39-29)22-11-15-24(16-12-22)42-32(33,34)35/h3-8,11-12,15-19,21,23,38H,9-10,13-14H2,1-2H3. The number of hydrogen-bond acceptors (Lipinski definition) is 6. The first-order chi connectivity index (χ1) is 20.3. The minimum atomic E-state index is -4.76. The summed E-state index contributed by atoms with van der Waals surface area (Å²) in [6.07, 6.45) is 0.965. The van der Waals surface area contributed by atoms with Gasteiger partial charge in [-0.05, 0) is 93.3 Å². The first-order valence-electron chi connectivity index (χ1n) is 13.8. The van der Waals surface area contributed by atoms with Gasteiger partial charge in [0.1, 0.15) is 5.75 Å². The van der Waals surface area contributed by atoms with E-state index in [1.807, 2.05) is 60.0 Å². The fourth-order valence-corrected chi connectivity index (χ4v) is 5.49. The van der Waals surface area contributed by atoms with E-state index in [0.717, 1.165) is 64.8 Å². The summed E-state index contributed by atoms with van der Waals surface area (Å²) in [6, 6.07) is 21.5. The minimum Gasteiger partial charge on any atom is -0.406 e. The lowest BCUT2D eigenvalue weighted by Gasteiger charge is -2.25. The number of benzene rings is 3. The maximum absolute atomic E-state index is 12.8. The van der Waals surface area contributed by atoms with Gasteiger partial charge in [0.2, 0.25) is 0 Å². The van der Waals surface area contributed by atoms with Crippen molar-refractivity contribution in [3.8, 4) is 22.8 Å². The minimum absolute atomic E-state index is 0.130. The van der Waals surface area contributed by atoms with Crippen LogP contribution in [0, 0.1) is 6.92 Å². The van der Waals surface area contributed by atoms with Crippen molar-refractivity contribution in [2.75, 3.05) is 12.4 Å². The third kappa shape index (κ3) is 5.94. The summed E-state index contributed by atoms with van der Waals surface area (Å²) in [4.78, 5) is 14.6. The van der Waals surface area contributed by atoms with Crippen molar-refractivity contribution in [1.82, 2.24) is 14.5 Å². The fourth-order valence-electron chi connectivity index (χ4n) is 5.49. The van der Waals surface area contributed by atoms with Crippen LogP contribution in [-0.4, -0.2) is 40.2 Å². The summed E-state index contributed by atoms with van der Waals surface area (Å²) in [5.74, 6) is -0.282. The van der Waals surface area contributed by atoms with Crippen molar-refractivity contribution in [3.05, 3.63) is 90.0 Å². The summed E-state index contributed by atoms with van der Waals surface area (Å²) < 4.78 is 50.1. The quantitative estimate of drug-likeness (QED) is 0.215. The van der Waals surface area contributed by atoms with Crippen LogP contribution in [-0.2, 0) is 4.74 Å². The maximum atomic E-state index is 12.8. The zero-order chi connectivity index (χ0) is 29.3. The van der Waals surface area contributed by atoms with Crippen LogP contribution in [0.1, 0.15) is 31.4 Å². The average Bonchev–Trinajstić information content (AvgIpc) is 2.98. The highest BCUT2D eigenvalue weighted by Gasteiger charge is 2.31. The third-order valence-corrected chi connectivity index (χ3v) is 7.60. The lowest BCUT2D eigenvalue weighted by Crippen LogP contribution is -2.25. The number of para-hydroxylation sites is 2. The Balaban J connectivity index is 1.54. The molecule has 1 fully saturated rings. The van der Waals surface area contributed by atoms with Crippen LogP contribution < -0.4 is 15.4 Å². The first kappa shape index (κ1) is 27.7. The van der Waals surface area contributed by atoms with Gasteiger partial charge < -0.3 is 19.4 Å². The molecule has 7 nitrogen and oxygen atoms in total. The van der Waals surface area contributed by atoms with Gasteiger partial charge in [-0.15, -0.1) is 13.2 Å². The predicted molar refractivity (Wildman–Crippen MR) is 155 cm³/mol. The van der Waals surface area contributed by atoms with Gasteiger partial charge in [-0.2, -0.15) is 0 Å². The monoisotopic (exact) mass is 573 g/mol. The number of aromatic nitrogens is 3. The molecule has 0 amide bonds. The average molecular weight is 574 g/mol. The molecule has 2 heterocycles. The number of fused-ring (bicyclic) bond motifs is 2. The van der Waals surface area contributed by atoms with E-state index in [0.29, 0.717) is 11.4 Å². The molecule has 0 radical (unpaired) electrons. The highest BCUT2D eigenvalue weighted by Crippen LogP contribution is 2.32. The molecular weight excluding hydrogens is 543 g/mol. The zero-order valence-electron chi connectivity index (χ0n) is 23.2. The number of anilines is 2. The van der Waals surface area contributed by atoms with Crippen LogP contribution in [0.15, 0.2) is 84.0 Å². The van der Waals surface area contributed by atoms with Crippen molar-refractivity contribution in [2.24, 2.45) is 4.99 Å². The molecule has 1 aromatic heterocycles. The molecule has 0 atom stereocenters. The second-order valence-corrected chi connectivity index (χ2v) is 10.4. The lowest BCUT2D eigenvalue weighted by molar-refractivity contribution is -0.274. The second-order valence-electron chi connectivity index (χ2n) is 10.4. The number of rotatable bonds is 6. The van der Waals surface area contributed by atoms with Crippen molar-refractivity contribution < 1.29 is 22.6 Å². The molecule has 1 saturated carbocycles. The number of methoxy groups -OCH3 is 1. The second kappa shape index (κ2) is 11.4. The van der Waals surface area contributed by atoms with E-state index in [-0.39, 0.29) is 17.9 Å². The number of nitrogens with zero attached hydrogens (tertiary/aromatic N) is 4. The number of ether oxygens (including phenoxy) is 2. The molecule has 0 saturated heterocycles. The highest BCUT2D eigenvalue weighted by molar-refractivity contribution is 5.84. The molecule has 1 N–H and O–H groups in total. The van der Waals surface area contributed by atoms with E-state index in [2.05, 4.69) is 15.0 Å². The Hall–Kier alpha value is -4.44. The smallest absolute Gasteiger partial charge is 0.406 e. The van der Waals surface area contributed by atoms with Gasteiger partial charge in [0.15, 0.2) is 0 Å². The van der Waals surface area contributed by atoms with Gasteiger partial charge in [0.25, 0.3) is 0 Å². The van der Waals surface area contributed by atoms with Crippen molar-refractivity contribution in [1.29, 1.82) is 0 Å². The highest BCUT2D eigenvalue weighted by atomic mass is 19.4. The number of nitrogens with one attached hydrogen (secondary N) is 1. The predicted octanol–water partition coefficient (Wildman–Crippen LogP) is 7.33. The van der Waals surface area contributed by atoms with Crippen LogP contribution in [0.5, 0.6) is 5.75 Å². The number of aryl methyl sites for hydroxylation is 1. The Kier molecular flexibility index (Phi) is 7.55. The number of pyridine rings is 1. The van der Waals surface area contributed by atoms with Gasteiger partial charge in [-0.3, -0.25) is 9.98 Å². The lowest BCUT2D eigenvalue weighted by atomic mass is 9.93. The van der Waals surface area contributed by atoms with E-state index in [4.69, 9.17) is 14.7 Å². The Morgan fingerprint density at radius 1 is 0.929 bits per heavy atom. The van der Waals surface area contributed by atoms with Crippen molar-refractivity contribution in [3.63, 3.8) is 0 Å². The molecule has 0 spiro atoms. The van der Waals surface area contributed by atoms with Crippen molar-refractivity contribution >= 4 is 22.4 Å². The molecule has 0 unspecified atom stereocenters. The molecule has 1 aliphatic heterocycles. The zero-order valence-corrected chi connectivity index (χ0v) is 23.2. The molecule has 0 bridgehead atoms. The molecule has 6 rings (SSSR count). The molecular formula is C32H30F3N5O2. The summed E-state index contributed by atoms with van der Waals surface area (Å²) in [5, 5.41) is 4.30. The third-order valence-electron chi connectivity index (χ3n) is 7.60. The van der Waals surface area contributed by atoms with E-state index >= 15 is 0 Å². The van der Waals surface area contributed by atoms with Crippen LogP contribution in [0.3, 0.4) is 0 Å². The molecule has 216 valence electrons. The maximum Gasteiger partial charge on any atom is 0.573 e. The van der Waals surface area contributed by atoms with E-state index in [1.165, 1.54) is 12.1 Å². The molecule has 10 heteroatoms. The van der Waals surface area contributed by atoms with E-state index < -0.39 is 6.36 Å². The Labute approximate surface area is 241 Å². The van der Waals surface area contributed by atoms with Crippen LogP contribution in [0.25, 0.3) is 28.1 Å². The number of halogens is 3. The van der Waals surface area contributed by atoms with Gasteiger partial charge >= 0.3 is 6.36 Å². The van der Waals surface area contributed by atoms with Crippen LogP contribution in [0.4, 0.5) is 24.5 Å². The number of alkyl halides is 3. The SMILES string of the molecule is COC1CCC(N=c2cc3n(-c4ccc(OC(F)(F)F)cc4)c4ccccc4nc-3cc2Nc2cccnc2C)CC1. The van der Waals surface area contributed by atoms with Crippen LogP contribution >= 0.6 is 0 Å². The molecule has 3 aliphatic rings. The van der Waals surface area contributed by atoms with Gasteiger partial charge in [0, 0.05) is 19.0 Å². The topological polar surface area (TPSA) is 73.6 Å². The summed E-state index contributed by atoms with van der Waals surface area (Å²) in [7, 11) is 1.75. The van der Waals surface area contributed by atoms with E-state index in [9.17, 15) is 13.2 Å². The fraction of sp³-hybridized carbons (Fsp3) is 0.281. The Bertz CT molecular complexity index is 1740. The summed E-state index contributed by atoms with van der Waals surface area (Å²) in [5.41, 5.74) is 6.22. The molecule has 2 aliphatic carbocycles. The summed E-state index contributed by atoms with van der Waals surface area (Å²) >= 11 is 0. The largest absolute Gasteiger partial charge is 0.573 e. The number of hydrogen-bond donors (Lipinski definition) is 1. The van der Waals surface area contributed by atoms with E-state index in [1.54, 1.807) is 25.4 Å². The first-order valence-corrected chi connectivity index (χ1v) is 13.8. The summed E-state index contributed by atoms with van der Waals surface area (Å²) in [6.45, 7) is 1.94. The van der Waals surface area contributed by atoms with Gasteiger partial charge in [-0.1, -0.05) is 12.1 Å². The molecule has 42 heavy (non-hydrogen) atoms. The normalized spacial score (nSPS) is 18.0. The van der Waals surface area contributed by atoms with Crippen molar-refractivity contribution in [2.45, 2.75) is 51.1 Å². The van der Waals surface area contributed by atoms with Gasteiger partial charge in [0.05, 0.1) is 57.0 Å². The molecule has 3 aromatic rings. The Morgan fingerprint density at radius 3 is 2.40 bits per heavy atom. The Morgan fingerprint density at radius 2 is 1.69 bits per heavy atom.